The normalized spacial score (nSPS) is 26.4. The van der Waals surface area contributed by atoms with Crippen LogP contribution in [0.25, 0.3) is 0 Å². The summed E-state index contributed by atoms with van der Waals surface area (Å²) < 4.78 is 0. The average Bonchev–Trinajstić information content (AvgIpc) is 2.54. The van der Waals surface area contributed by atoms with E-state index in [0.717, 1.165) is 12.8 Å². The molecule has 1 aliphatic rings. The van der Waals surface area contributed by atoms with Crippen LogP contribution in [0.4, 0.5) is 0 Å². The quantitative estimate of drug-likeness (QED) is 0.738. The lowest BCUT2D eigenvalue weighted by Gasteiger charge is -2.43. The Morgan fingerprint density at radius 1 is 1.28 bits per heavy atom. The SMILES string of the molecule is CC(C)[C@@H]1CC[C@@H](C)C[C@@]1(O)C(=O)NCCc1ccccc1C(=O)O. The molecule has 1 aliphatic carbocycles. The molecule has 0 aliphatic heterocycles. The monoisotopic (exact) mass is 347 g/mol. The average molecular weight is 347 g/mol. The summed E-state index contributed by atoms with van der Waals surface area (Å²) in [7, 11) is 0. The lowest BCUT2D eigenvalue weighted by atomic mass is 9.66. The Morgan fingerprint density at radius 3 is 2.60 bits per heavy atom. The van der Waals surface area contributed by atoms with Crippen LogP contribution in [0.15, 0.2) is 24.3 Å². The smallest absolute Gasteiger partial charge is 0.335 e. The van der Waals surface area contributed by atoms with Crippen LogP contribution in [-0.4, -0.2) is 34.2 Å². The minimum Gasteiger partial charge on any atom is -0.478 e. The molecule has 2 rings (SSSR count). The first kappa shape index (κ1) is 19.4. The molecule has 0 saturated heterocycles. The van der Waals surface area contributed by atoms with Crippen molar-refractivity contribution in [3.8, 4) is 0 Å². The second-order valence-corrected chi connectivity index (χ2v) is 7.63. The van der Waals surface area contributed by atoms with Crippen LogP contribution in [0.1, 0.15) is 56.0 Å². The van der Waals surface area contributed by atoms with Gasteiger partial charge in [-0.1, -0.05) is 45.4 Å². The maximum Gasteiger partial charge on any atom is 0.335 e. The molecule has 1 aromatic carbocycles. The Kier molecular flexibility index (Phi) is 6.22. The molecule has 5 nitrogen and oxygen atoms in total. The van der Waals surface area contributed by atoms with Gasteiger partial charge in [0.15, 0.2) is 0 Å². The van der Waals surface area contributed by atoms with Crippen LogP contribution in [0.2, 0.25) is 0 Å². The molecule has 0 aromatic heterocycles. The van der Waals surface area contributed by atoms with E-state index >= 15 is 0 Å². The Hall–Kier alpha value is -1.88. The van der Waals surface area contributed by atoms with Gasteiger partial charge in [0.1, 0.15) is 5.60 Å². The zero-order chi connectivity index (χ0) is 18.6. The molecule has 0 radical (unpaired) electrons. The molecular formula is C20H29NO4. The van der Waals surface area contributed by atoms with Crippen LogP contribution < -0.4 is 5.32 Å². The molecule has 138 valence electrons. The van der Waals surface area contributed by atoms with Crippen molar-refractivity contribution in [2.75, 3.05) is 6.54 Å². The van der Waals surface area contributed by atoms with Crippen molar-refractivity contribution in [1.29, 1.82) is 0 Å². The van der Waals surface area contributed by atoms with E-state index in [0.29, 0.717) is 30.9 Å². The van der Waals surface area contributed by atoms with E-state index in [2.05, 4.69) is 12.2 Å². The third-order valence-electron chi connectivity index (χ3n) is 5.37. The highest BCUT2D eigenvalue weighted by Crippen LogP contribution is 2.41. The van der Waals surface area contributed by atoms with Gasteiger partial charge < -0.3 is 15.5 Å². The van der Waals surface area contributed by atoms with Crippen molar-refractivity contribution in [2.45, 2.75) is 52.1 Å². The highest BCUT2D eigenvalue weighted by atomic mass is 16.4. The number of carboxylic acid groups (broad SMARTS) is 1. The topological polar surface area (TPSA) is 86.6 Å². The van der Waals surface area contributed by atoms with Gasteiger partial charge in [-0.2, -0.15) is 0 Å². The number of aliphatic hydroxyl groups is 1. The lowest BCUT2D eigenvalue weighted by Crippen LogP contribution is -2.56. The molecule has 1 saturated carbocycles. The standard InChI is InChI=1S/C20H29NO4/c1-13(2)17-9-8-14(3)12-20(17,25)19(24)21-11-10-15-6-4-5-7-16(15)18(22)23/h4-7,13-14,17,25H,8-12H2,1-3H3,(H,21,24)(H,22,23)/t14-,17+,20+/m1/s1. The molecule has 1 amide bonds. The first-order chi connectivity index (χ1) is 11.8. The molecule has 0 bridgehead atoms. The molecule has 3 atom stereocenters. The van der Waals surface area contributed by atoms with E-state index in [-0.39, 0.29) is 23.3 Å². The molecule has 3 N–H and O–H groups in total. The number of hydrogen-bond acceptors (Lipinski definition) is 3. The third kappa shape index (κ3) is 4.40. The minimum atomic E-state index is -1.34. The zero-order valence-corrected chi connectivity index (χ0v) is 15.3. The first-order valence-corrected chi connectivity index (χ1v) is 9.07. The number of carbonyl (C=O) groups is 2. The summed E-state index contributed by atoms with van der Waals surface area (Å²) in [5.41, 5.74) is -0.403. The van der Waals surface area contributed by atoms with Crippen molar-refractivity contribution >= 4 is 11.9 Å². The number of carboxylic acids is 1. The Morgan fingerprint density at radius 2 is 1.96 bits per heavy atom. The van der Waals surface area contributed by atoms with Gasteiger partial charge in [0.05, 0.1) is 5.56 Å². The largest absolute Gasteiger partial charge is 0.478 e. The summed E-state index contributed by atoms with van der Waals surface area (Å²) in [5.74, 6) is -0.795. The van der Waals surface area contributed by atoms with E-state index in [1.807, 2.05) is 13.8 Å². The summed E-state index contributed by atoms with van der Waals surface area (Å²) in [5, 5.41) is 23.1. The van der Waals surface area contributed by atoms with Crippen molar-refractivity contribution < 1.29 is 19.8 Å². The summed E-state index contributed by atoms with van der Waals surface area (Å²) in [6.45, 7) is 6.46. The summed E-state index contributed by atoms with van der Waals surface area (Å²) in [6.07, 6.45) is 2.79. The minimum absolute atomic E-state index is 0.0463. The molecule has 1 aromatic rings. The number of aromatic carboxylic acids is 1. The number of carbonyl (C=O) groups excluding carboxylic acids is 1. The van der Waals surface area contributed by atoms with Crippen LogP contribution in [0.3, 0.4) is 0 Å². The number of amides is 1. The highest BCUT2D eigenvalue weighted by Gasteiger charge is 2.48. The fourth-order valence-corrected chi connectivity index (χ4v) is 4.04. The lowest BCUT2D eigenvalue weighted by molar-refractivity contribution is -0.155. The molecule has 25 heavy (non-hydrogen) atoms. The first-order valence-electron chi connectivity index (χ1n) is 9.07. The Labute approximate surface area is 149 Å². The Balaban J connectivity index is 2.02. The van der Waals surface area contributed by atoms with Crippen molar-refractivity contribution in [1.82, 2.24) is 5.32 Å². The van der Waals surface area contributed by atoms with Gasteiger partial charge in [-0.25, -0.2) is 4.79 Å². The summed E-state index contributed by atoms with van der Waals surface area (Å²) >= 11 is 0. The second-order valence-electron chi connectivity index (χ2n) is 7.63. The van der Waals surface area contributed by atoms with E-state index < -0.39 is 11.6 Å². The predicted octanol–water partition coefficient (Wildman–Crippen LogP) is 2.87. The number of rotatable bonds is 6. The van der Waals surface area contributed by atoms with Gasteiger partial charge in [-0.05, 0) is 48.6 Å². The molecule has 0 unspecified atom stereocenters. The fraction of sp³-hybridized carbons (Fsp3) is 0.600. The fourth-order valence-electron chi connectivity index (χ4n) is 4.04. The number of benzene rings is 1. The highest BCUT2D eigenvalue weighted by molar-refractivity contribution is 5.89. The van der Waals surface area contributed by atoms with Crippen LogP contribution >= 0.6 is 0 Å². The molecule has 0 heterocycles. The third-order valence-corrected chi connectivity index (χ3v) is 5.37. The van der Waals surface area contributed by atoms with Crippen LogP contribution in [0, 0.1) is 17.8 Å². The van der Waals surface area contributed by atoms with Gasteiger partial charge in [0.25, 0.3) is 5.91 Å². The zero-order valence-electron chi connectivity index (χ0n) is 15.3. The Bertz CT molecular complexity index is 628. The van der Waals surface area contributed by atoms with Crippen LogP contribution in [0.5, 0.6) is 0 Å². The van der Waals surface area contributed by atoms with Gasteiger partial charge >= 0.3 is 5.97 Å². The van der Waals surface area contributed by atoms with Crippen LogP contribution in [-0.2, 0) is 11.2 Å². The van der Waals surface area contributed by atoms with E-state index in [1.54, 1.807) is 24.3 Å². The van der Waals surface area contributed by atoms with E-state index in [4.69, 9.17) is 0 Å². The number of hydrogen-bond donors (Lipinski definition) is 3. The molecule has 0 spiro atoms. The van der Waals surface area contributed by atoms with Gasteiger partial charge in [-0.15, -0.1) is 0 Å². The summed E-state index contributed by atoms with van der Waals surface area (Å²) in [4.78, 5) is 24.0. The maximum atomic E-state index is 12.7. The second kappa shape index (κ2) is 8.00. The van der Waals surface area contributed by atoms with Gasteiger partial charge in [0, 0.05) is 6.54 Å². The van der Waals surface area contributed by atoms with E-state index in [1.165, 1.54) is 0 Å². The predicted molar refractivity (Wildman–Crippen MR) is 96.4 cm³/mol. The maximum absolute atomic E-state index is 12.7. The number of nitrogens with one attached hydrogen (secondary N) is 1. The molecule has 1 fully saturated rings. The van der Waals surface area contributed by atoms with Gasteiger partial charge in [-0.3, -0.25) is 4.79 Å². The van der Waals surface area contributed by atoms with Crippen molar-refractivity contribution in [3.05, 3.63) is 35.4 Å². The van der Waals surface area contributed by atoms with Crippen molar-refractivity contribution in [3.63, 3.8) is 0 Å². The molecular weight excluding hydrogens is 318 g/mol. The van der Waals surface area contributed by atoms with E-state index in [9.17, 15) is 19.8 Å². The van der Waals surface area contributed by atoms with Gasteiger partial charge in [0.2, 0.25) is 0 Å². The molecule has 5 heteroatoms. The summed E-state index contributed by atoms with van der Waals surface area (Å²) in [6, 6.07) is 6.79. The van der Waals surface area contributed by atoms with Crippen molar-refractivity contribution in [2.24, 2.45) is 17.8 Å².